The average molecular weight is 419 g/mol. The quantitative estimate of drug-likeness (QED) is 0.460. The third-order valence-electron chi connectivity index (χ3n) is 5.42. The van der Waals surface area contributed by atoms with Gasteiger partial charge in [0.15, 0.2) is 5.65 Å². The molecule has 3 aromatic heterocycles. The Hall–Kier alpha value is -3.68. The van der Waals surface area contributed by atoms with Gasteiger partial charge in [0.25, 0.3) is 0 Å². The second-order valence-corrected chi connectivity index (χ2v) is 7.42. The van der Waals surface area contributed by atoms with Gasteiger partial charge in [-0.05, 0) is 49.2 Å². The molecule has 1 amide bonds. The van der Waals surface area contributed by atoms with Gasteiger partial charge in [-0.25, -0.2) is 9.67 Å². The van der Waals surface area contributed by atoms with Crippen LogP contribution in [0.1, 0.15) is 18.3 Å². The van der Waals surface area contributed by atoms with E-state index in [2.05, 4.69) is 15.2 Å². The van der Waals surface area contributed by atoms with Gasteiger partial charge in [0.05, 0.1) is 25.0 Å². The smallest absolute Gasteiger partial charge is 0.244 e. The summed E-state index contributed by atoms with van der Waals surface area (Å²) in [5.41, 5.74) is 4.62. The number of methoxy groups -OCH3 is 1. The highest BCUT2D eigenvalue weighted by atomic mass is 16.5. The Kier molecular flexibility index (Phi) is 5.70. The molecule has 0 aliphatic rings. The molecule has 0 radical (unpaired) electrons. The zero-order valence-electron chi connectivity index (χ0n) is 18.2. The number of carbonyl (C=O) groups is 1. The van der Waals surface area contributed by atoms with E-state index in [1.165, 1.54) is 0 Å². The van der Waals surface area contributed by atoms with Gasteiger partial charge in [-0.2, -0.15) is 10.2 Å². The predicted octanol–water partition coefficient (Wildman–Crippen LogP) is 3.29. The molecule has 0 N–H and O–H groups in total. The Morgan fingerprint density at radius 3 is 2.58 bits per heavy atom. The van der Waals surface area contributed by atoms with Crippen LogP contribution in [0.5, 0.6) is 5.75 Å². The lowest BCUT2D eigenvalue weighted by Crippen LogP contribution is -2.31. The minimum Gasteiger partial charge on any atom is -0.497 e. The fourth-order valence-electron chi connectivity index (χ4n) is 3.76. The van der Waals surface area contributed by atoms with E-state index < -0.39 is 0 Å². The summed E-state index contributed by atoms with van der Waals surface area (Å²) in [5.74, 6) is 0.768. The molecule has 4 rings (SSSR count). The standard InChI is InChI=1S/C23H26N6O2/c1-5-28-18(10-13-25-28)14-27(3)21(30)15-29-23-22(16(2)26-29)20(11-12-24-23)17-6-8-19(31-4)9-7-17/h6-13H,5,14-15H2,1-4H3. The van der Waals surface area contributed by atoms with E-state index in [4.69, 9.17) is 4.74 Å². The van der Waals surface area contributed by atoms with Crippen LogP contribution in [-0.4, -0.2) is 49.5 Å². The number of hydrogen-bond acceptors (Lipinski definition) is 5. The summed E-state index contributed by atoms with van der Waals surface area (Å²) < 4.78 is 8.84. The average Bonchev–Trinajstić information content (AvgIpc) is 3.37. The fraction of sp³-hybridized carbons (Fsp3) is 0.304. The summed E-state index contributed by atoms with van der Waals surface area (Å²) in [4.78, 5) is 19.1. The summed E-state index contributed by atoms with van der Waals surface area (Å²) >= 11 is 0. The minimum absolute atomic E-state index is 0.0371. The van der Waals surface area contributed by atoms with E-state index in [0.717, 1.165) is 40.2 Å². The van der Waals surface area contributed by atoms with Crippen LogP contribution in [-0.2, 0) is 24.4 Å². The number of carbonyl (C=O) groups excluding carboxylic acids is 1. The fourth-order valence-corrected chi connectivity index (χ4v) is 3.76. The number of pyridine rings is 1. The molecule has 0 aliphatic heterocycles. The predicted molar refractivity (Wildman–Crippen MR) is 119 cm³/mol. The van der Waals surface area contributed by atoms with Crippen molar-refractivity contribution in [2.24, 2.45) is 0 Å². The van der Waals surface area contributed by atoms with Crippen molar-refractivity contribution in [1.82, 2.24) is 29.4 Å². The molecule has 4 aromatic rings. The normalized spacial score (nSPS) is 11.1. The lowest BCUT2D eigenvalue weighted by molar-refractivity contribution is -0.131. The maximum absolute atomic E-state index is 12.9. The first-order chi connectivity index (χ1) is 15.0. The van der Waals surface area contributed by atoms with Crippen LogP contribution in [0.2, 0.25) is 0 Å². The Labute approximate surface area is 181 Å². The van der Waals surface area contributed by atoms with Gasteiger partial charge in [0.2, 0.25) is 5.91 Å². The topological polar surface area (TPSA) is 78.1 Å². The molecule has 1 aromatic carbocycles. The third-order valence-corrected chi connectivity index (χ3v) is 5.42. The molecular weight excluding hydrogens is 392 g/mol. The highest BCUT2D eigenvalue weighted by Gasteiger charge is 2.18. The SMILES string of the molecule is CCn1nccc1CN(C)C(=O)Cn1nc(C)c2c(-c3ccc(OC)cc3)ccnc21. The van der Waals surface area contributed by atoms with Crippen LogP contribution >= 0.6 is 0 Å². The molecule has 0 fully saturated rings. The summed E-state index contributed by atoms with van der Waals surface area (Å²) in [7, 11) is 3.45. The maximum atomic E-state index is 12.9. The molecule has 0 atom stereocenters. The van der Waals surface area contributed by atoms with E-state index in [1.54, 1.807) is 36.1 Å². The van der Waals surface area contributed by atoms with Crippen LogP contribution in [0.4, 0.5) is 0 Å². The molecule has 160 valence electrons. The van der Waals surface area contributed by atoms with Gasteiger partial charge in [-0.1, -0.05) is 12.1 Å². The van der Waals surface area contributed by atoms with E-state index in [9.17, 15) is 4.79 Å². The molecule has 0 spiro atoms. The maximum Gasteiger partial charge on any atom is 0.244 e. The Morgan fingerprint density at radius 1 is 1.10 bits per heavy atom. The molecule has 31 heavy (non-hydrogen) atoms. The van der Waals surface area contributed by atoms with Gasteiger partial charge >= 0.3 is 0 Å². The number of benzene rings is 1. The molecule has 0 saturated heterocycles. The first kappa shape index (κ1) is 20.6. The Bertz CT molecular complexity index is 1210. The number of aryl methyl sites for hydroxylation is 2. The Balaban J connectivity index is 1.60. The number of ether oxygens (including phenoxy) is 1. The van der Waals surface area contributed by atoms with E-state index in [-0.39, 0.29) is 12.5 Å². The zero-order chi connectivity index (χ0) is 22.0. The zero-order valence-corrected chi connectivity index (χ0v) is 18.2. The number of aromatic nitrogens is 5. The van der Waals surface area contributed by atoms with Crippen LogP contribution in [0.15, 0.2) is 48.8 Å². The Morgan fingerprint density at radius 2 is 1.87 bits per heavy atom. The second-order valence-electron chi connectivity index (χ2n) is 7.42. The minimum atomic E-state index is -0.0371. The number of amides is 1. The number of nitrogens with zero attached hydrogens (tertiary/aromatic N) is 6. The monoisotopic (exact) mass is 418 g/mol. The van der Waals surface area contributed by atoms with Crippen LogP contribution < -0.4 is 4.74 Å². The molecule has 8 heteroatoms. The molecule has 0 unspecified atom stereocenters. The highest BCUT2D eigenvalue weighted by Crippen LogP contribution is 2.30. The van der Waals surface area contributed by atoms with Crippen molar-refractivity contribution in [3.05, 3.63) is 60.2 Å². The molecule has 0 saturated carbocycles. The van der Waals surface area contributed by atoms with Gasteiger partial charge in [-0.15, -0.1) is 0 Å². The van der Waals surface area contributed by atoms with Crippen molar-refractivity contribution in [1.29, 1.82) is 0 Å². The number of fused-ring (bicyclic) bond motifs is 1. The van der Waals surface area contributed by atoms with Crippen LogP contribution in [0.25, 0.3) is 22.2 Å². The lowest BCUT2D eigenvalue weighted by Gasteiger charge is -2.18. The van der Waals surface area contributed by atoms with Gasteiger partial charge in [0, 0.05) is 31.4 Å². The van der Waals surface area contributed by atoms with E-state index >= 15 is 0 Å². The summed E-state index contributed by atoms with van der Waals surface area (Å²) in [5, 5.41) is 9.85. The second kappa shape index (κ2) is 8.59. The van der Waals surface area contributed by atoms with Crippen molar-refractivity contribution in [3.8, 4) is 16.9 Å². The van der Waals surface area contributed by atoms with Gasteiger partial charge in [0.1, 0.15) is 12.3 Å². The van der Waals surface area contributed by atoms with Crippen molar-refractivity contribution in [2.45, 2.75) is 33.5 Å². The van der Waals surface area contributed by atoms with Crippen LogP contribution in [0, 0.1) is 6.92 Å². The number of likely N-dealkylation sites (N-methyl/N-ethyl adjacent to an activating group) is 1. The molecular formula is C23H26N6O2. The van der Waals surface area contributed by atoms with Gasteiger partial charge in [-0.3, -0.25) is 9.48 Å². The first-order valence-electron chi connectivity index (χ1n) is 10.2. The van der Waals surface area contributed by atoms with Crippen molar-refractivity contribution < 1.29 is 9.53 Å². The highest BCUT2D eigenvalue weighted by molar-refractivity contribution is 5.95. The molecule has 3 heterocycles. The first-order valence-corrected chi connectivity index (χ1v) is 10.2. The summed E-state index contributed by atoms with van der Waals surface area (Å²) in [6, 6.07) is 11.8. The molecule has 0 aliphatic carbocycles. The van der Waals surface area contributed by atoms with E-state index in [1.807, 2.05) is 54.9 Å². The molecule has 0 bridgehead atoms. The van der Waals surface area contributed by atoms with Crippen molar-refractivity contribution in [3.63, 3.8) is 0 Å². The van der Waals surface area contributed by atoms with Gasteiger partial charge < -0.3 is 9.64 Å². The summed E-state index contributed by atoms with van der Waals surface area (Å²) in [6.45, 7) is 5.37. The number of hydrogen-bond donors (Lipinski definition) is 0. The van der Waals surface area contributed by atoms with E-state index in [0.29, 0.717) is 12.2 Å². The number of rotatable bonds is 7. The van der Waals surface area contributed by atoms with Crippen molar-refractivity contribution >= 4 is 16.9 Å². The summed E-state index contributed by atoms with van der Waals surface area (Å²) in [6.07, 6.45) is 3.51. The molecule has 8 nitrogen and oxygen atoms in total. The van der Waals surface area contributed by atoms with Crippen LogP contribution in [0.3, 0.4) is 0 Å². The largest absolute Gasteiger partial charge is 0.497 e. The lowest BCUT2D eigenvalue weighted by atomic mass is 10.0. The third kappa shape index (κ3) is 4.01. The van der Waals surface area contributed by atoms with Crippen molar-refractivity contribution in [2.75, 3.05) is 14.2 Å².